The van der Waals surface area contributed by atoms with Crippen LogP contribution in [-0.4, -0.2) is 4.92 Å². The molecule has 0 aliphatic carbocycles. The van der Waals surface area contributed by atoms with Crippen LogP contribution in [0.1, 0.15) is 5.56 Å². The predicted octanol–water partition coefficient (Wildman–Crippen LogP) is 5.07. The summed E-state index contributed by atoms with van der Waals surface area (Å²) in [5, 5.41) is 11.4. The first kappa shape index (κ1) is 14.7. The van der Waals surface area contributed by atoms with Gasteiger partial charge in [0.15, 0.2) is 17.3 Å². The van der Waals surface area contributed by atoms with Crippen molar-refractivity contribution in [2.75, 3.05) is 0 Å². The summed E-state index contributed by atoms with van der Waals surface area (Å²) in [5.74, 6) is -0.576. The van der Waals surface area contributed by atoms with Crippen LogP contribution in [0.5, 0.6) is 11.5 Å². The van der Waals surface area contributed by atoms with Gasteiger partial charge in [-0.15, -0.1) is 0 Å². The van der Waals surface area contributed by atoms with Crippen LogP contribution >= 0.6 is 27.5 Å². The maximum Gasteiger partial charge on any atom is 0.273 e. The van der Waals surface area contributed by atoms with Gasteiger partial charge in [0.2, 0.25) is 0 Å². The van der Waals surface area contributed by atoms with E-state index in [9.17, 15) is 14.5 Å². The molecular formula is C13H8BrClFNO3. The van der Waals surface area contributed by atoms with Gasteiger partial charge < -0.3 is 4.74 Å². The number of nitrogens with zero attached hydrogens (tertiary/aromatic N) is 1. The molecule has 2 aromatic carbocycles. The van der Waals surface area contributed by atoms with Gasteiger partial charge in [0.05, 0.1) is 16.0 Å². The van der Waals surface area contributed by atoms with Crippen LogP contribution in [0, 0.1) is 15.9 Å². The molecule has 7 heteroatoms. The molecule has 0 aliphatic rings. The third-order valence-electron chi connectivity index (χ3n) is 2.50. The van der Waals surface area contributed by atoms with E-state index in [2.05, 4.69) is 15.9 Å². The molecule has 0 spiro atoms. The fraction of sp³-hybridized carbons (Fsp3) is 0.0769. The zero-order valence-corrected chi connectivity index (χ0v) is 12.3. The molecule has 20 heavy (non-hydrogen) atoms. The van der Waals surface area contributed by atoms with Crippen LogP contribution in [0.4, 0.5) is 10.1 Å². The number of rotatable bonds is 4. The molecule has 0 saturated carbocycles. The lowest BCUT2D eigenvalue weighted by molar-refractivity contribution is -0.384. The Balaban J connectivity index is 2.34. The number of nitro benzene ring substituents is 1. The highest BCUT2D eigenvalue weighted by molar-refractivity contribution is 9.08. The number of ether oxygens (including phenoxy) is 1. The van der Waals surface area contributed by atoms with Crippen LogP contribution < -0.4 is 4.74 Å². The van der Waals surface area contributed by atoms with E-state index < -0.39 is 10.7 Å². The maximum atomic E-state index is 13.8. The summed E-state index contributed by atoms with van der Waals surface area (Å²) in [7, 11) is 0. The van der Waals surface area contributed by atoms with E-state index >= 15 is 0 Å². The van der Waals surface area contributed by atoms with E-state index in [1.54, 1.807) is 6.07 Å². The Morgan fingerprint density at radius 1 is 1.25 bits per heavy atom. The summed E-state index contributed by atoms with van der Waals surface area (Å²) in [4.78, 5) is 10.1. The Morgan fingerprint density at radius 3 is 2.60 bits per heavy atom. The van der Waals surface area contributed by atoms with E-state index in [-0.39, 0.29) is 22.2 Å². The minimum atomic E-state index is -0.576. The van der Waals surface area contributed by atoms with Gasteiger partial charge >= 0.3 is 0 Å². The molecule has 104 valence electrons. The largest absolute Gasteiger partial charge is 0.452 e. The molecule has 0 amide bonds. The number of hydrogen-bond donors (Lipinski definition) is 0. The summed E-state index contributed by atoms with van der Waals surface area (Å²) in [6.07, 6.45) is 0. The average molecular weight is 361 g/mol. The average Bonchev–Trinajstić information content (AvgIpc) is 2.42. The lowest BCUT2D eigenvalue weighted by Crippen LogP contribution is -1.93. The van der Waals surface area contributed by atoms with Gasteiger partial charge in [0.25, 0.3) is 5.69 Å². The highest BCUT2D eigenvalue weighted by Gasteiger charge is 2.13. The van der Waals surface area contributed by atoms with Gasteiger partial charge in [-0.05, 0) is 23.8 Å². The monoisotopic (exact) mass is 359 g/mol. The highest BCUT2D eigenvalue weighted by atomic mass is 79.9. The topological polar surface area (TPSA) is 52.4 Å². The van der Waals surface area contributed by atoms with Crippen molar-refractivity contribution in [2.24, 2.45) is 0 Å². The first-order valence-electron chi connectivity index (χ1n) is 5.47. The van der Waals surface area contributed by atoms with E-state index in [0.717, 1.165) is 11.6 Å². The molecule has 0 aliphatic heterocycles. The zero-order chi connectivity index (χ0) is 14.7. The van der Waals surface area contributed by atoms with Crippen LogP contribution in [0.25, 0.3) is 0 Å². The summed E-state index contributed by atoms with van der Waals surface area (Å²) < 4.78 is 19.1. The van der Waals surface area contributed by atoms with Crippen LogP contribution in [-0.2, 0) is 5.33 Å². The van der Waals surface area contributed by atoms with E-state index in [0.29, 0.717) is 5.33 Å². The van der Waals surface area contributed by atoms with Crippen molar-refractivity contribution in [3.63, 3.8) is 0 Å². The fourth-order valence-electron chi connectivity index (χ4n) is 1.51. The lowest BCUT2D eigenvalue weighted by atomic mass is 10.2. The van der Waals surface area contributed by atoms with Crippen LogP contribution in [0.2, 0.25) is 5.02 Å². The van der Waals surface area contributed by atoms with Crippen molar-refractivity contribution in [1.82, 2.24) is 0 Å². The van der Waals surface area contributed by atoms with Gasteiger partial charge in [-0.2, -0.15) is 0 Å². The summed E-state index contributed by atoms with van der Waals surface area (Å²) >= 11 is 9.10. The molecule has 0 saturated heterocycles. The maximum absolute atomic E-state index is 13.8. The lowest BCUT2D eigenvalue weighted by Gasteiger charge is -2.09. The van der Waals surface area contributed by atoms with Gasteiger partial charge in [0, 0.05) is 11.4 Å². The number of hydrogen-bond acceptors (Lipinski definition) is 3. The molecule has 0 heterocycles. The first-order chi connectivity index (χ1) is 9.51. The van der Waals surface area contributed by atoms with Crippen molar-refractivity contribution < 1.29 is 14.1 Å². The second kappa shape index (κ2) is 6.19. The minimum absolute atomic E-state index is 0.0337. The predicted molar refractivity (Wildman–Crippen MR) is 77.2 cm³/mol. The molecule has 2 rings (SSSR count). The molecule has 0 N–H and O–H groups in total. The number of benzene rings is 2. The third kappa shape index (κ3) is 3.26. The Bertz CT molecular complexity index is 666. The van der Waals surface area contributed by atoms with E-state index in [1.807, 2.05) is 0 Å². The van der Waals surface area contributed by atoms with Gasteiger partial charge in [-0.3, -0.25) is 10.1 Å². The summed E-state index contributed by atoms with van der Waals surface area (Å²) in [6.45, 7) is 0. The quantitative estimate of drug-likeness (QED) is 0.434. The fourth-order valence-corrected chi connectivity index (χ4v) is 2.02. The molecule has 0 radical (unpaired) electrons. The second-order valence-electron chi connectivity index (χ2n) is 3.87. The minimum Gasteiger partial charge on any atom is -0.452 e. The third-order valence-corrected chi connectivity index (χ3v) is 3.46. The smallest absolute Gasteiger partial charge is 0.273 e. The number of alkyl halides is 1. The Hall–Kier alpha value is -1.66. The number of halogens is 3. The zero-order valence-electron chi connectivity index (χ0n) is 9.98. The van der Waals surface area contributed by atoms with Crippen molar-refractivity contribution in [3.8, 4) is 11.5 Å². The molecule has 0 fully saturated rings. The number of nitro groups is 1. The van der Waals surface area contributed by atoms with E-state index in [4.69, 9.17) is 16.3 Å². The molecule has 0 aromatic heterocycles. The molecule has 2 aromatic rings. The van der Waals surface area contributed by atoms with Gasteiger partial charge in [0.1, 0.15) is 0 Å². The second-order valence-corrected chi connectivity index (χ2v) is 4.84. The molecule has 0 atom stereocenters. The Morgan fingerprint density at radius 2 is 2.00 bits per heavy atom. The van der Waals surface area contributed by atoms with Crippen molar-refractivity contribution in [3.05, 3.63) is 62.9 Å². The SMILES string of the molecule is O=[N+]([O-])c1ccc(Cl)c(Oc2ccc(CBr)cc2F)c1. The standard InChI is InChI=1S/C13H8BrClFNO3/c14-7-8-1-4-12(11(16)5-8)20-13-6-9(17(18)19)2-3-10(13)15/h1-6H,7H2. The van der Waals surface area contributed by atoms with Crippen molar-refractivity contribution in [2.45, 2.75) is 5.33 Å². The molecule has 0 bridgehead atoms. The normalized spacial score (nSPS) is 10.3. The molecular weight excluding hydrogens is 353 g/mol. The van der Waals surface area contributed by atoms with Crippen LogP contribution in [0.3, 0.4) is 0 Å². The van der Waals surface area contributed by atoms with Crippen molar-refractivity contribution in [1.29, 1.82) is 0 Å². The van der Waals surface area contributed by atoms with Gasteiger partial charge in [-0.25, -0.2) is 4.39 Å². The Kier molecular flexibility index (Phi) is 4.57. The Labute approximate surface area is 127 Å². The first-order valence-corrected chi connectivity index (χ1v) is 6.97. The van der Waals surface area contributed by atoms with Gasteiger partial charge in [-0.1, -0.05) is 33.6 Å². The highest BCUT2D eigenvalue weighted by Crippen LogP contribution is 2.34. The number of non-ortho nitro benzene ring substituents is 1. The van der Waals surface area contributed by atoms with Crippen molar-refractivity contribution >= 4 is 33.2 Å². The molecule has 4 nitrogen and oxygen atoms in total. The summed E-state index contributed by atoms with van der Waals surface area (Å²) in [6, 6.07) is 8.17. The molecule has 0 unspecified atom stereocenters. The van der Waals surface area contributed by atoms with E-state index in [1.165, 1.54) is 24.3 Å². The summed E-state index contributed by atoms with van der Waals surface area (Å²) in [5.41, 5.74) is 0.571. The van der Waals surface area contributed by atoms with Crippen LogP contribution in [0.15, 0.2) is 36.4 Å².